The van der Waals surface area contributed by atoms with Crippen molar-refractivity contribution in [1.82, 2.24) is 0 Å². The van der Waals surface area contributed by atoms with Crippen molar-refractivity contribution in [2.75, 3.05) is 4.43 Å². The molecule has 0 amide bonds. The lowest BCUT2D eigenvalue weighted by molar-refractivity contribution is 0.00682. The van der Waals surface area contributed by atoms with Gasteiger partial charge in [0.1, 0.15) is 0 Å². The molecule has 0 aromatic rings. The minimum atomic E-state index is -1.77. The third-order valence-corrected chi connectivity index (χ3v) is 8.98. The van der Waals surface area contributed by atoms with Crippen LogP contribution in [0, 0.1) is 0 Å². The van der Waals surface area contributed by atoms with Crippen LogP contribution in [-0.2, 0) is 4.43 Å². The van der Waals surface area contributed by atoms with E-state index in [-0.39, 0.29) is 11.1 Å². The van der Waals surface area contributed by atoms with E-state index in [9.17, 15) is 10.2 Å². The largest absolute Gasteiger partial charge is 0.414 e. The van der Waals surface area contributed by atoms with Gasteiger partial charge in [-0.2, -0.15) is 0 Å². The van der Waals surface area contributed by atoms with Crippen molar-refractivity contribution in [1.29, 1.82) is 0 Å². The molecule has 0 aromatic heterocycles. The van der Waals surface area contributed by atoms with Gasteiger partial charge in [-0.15, -0.1) is 0 Å². The van der Waals surface area contributed by atoms with Gasteiger partial charge >= 0.3 is 0 Å². The summed E-state index contributed by atoms with van der Waals surface area (Å²) in [6.45, 7) is 13.0. The van der Waals surface area contributed by atoms with Gasteiger partial charge in [-0.25, -0.2) is 0 Å². The van der Waals surface area contributed by atoms with E-state index < -0.39 is 20.5 Å². The van der Waals surface area contributed by atoms with Crippen LogP contribution in [0.3, 0.4) is 0 Å². The maximum atomic E-state index is 9.77. The molecule has 0 bridgehead atoms. The Balaban J connectivity index is 4.32. The summed E-state index contributed by atoms with van der Waals surface area (Å²) in [6, 6.07) is 0. The fraction of sp³-hybridized carbons (Fsp3) is 1.00. The van der Waals surface area contributed by atoms with Crippen LogP contribution in [0.25, 0.3) is 0 Å². The average molecular weight is 374 g/mol. The fourth-order valence-electron chi connectivity index (χ4n) is 1.33. The van der Waals surface area contributed by atoms with Crippen LogP contribution in [0.4, 0.5) is 0 Å². The summed E-state index contributed by atoms with van der Waals surface area (Å²) in [5, 5.41) is 19.5. The van der Waals surface area contributed by atoms with Gasteiger partial charge in [0, 0.05) is 17.0 Å². The molecule has 104 valence electrons. The van der Waals surface area contributed by atoms with E-state index in [1.807, 2.05) is 6.92 Å². The molecule has 2 N–H and O–H groups in total. The van der Waals surface area contributed by atoms with Crippen molar-refractivity contribution >= 4 is 30.9 Å². The van der Waals surface area contributed by atoms with Gasteiger partial charge in [-0.1, -0.05) is 43.4 Å². The van der Waals surface area contributed by atoms with Crippen molar-refractivity contribution in [2.24, 2.45) is 0 Å². The zero-order chi connectivity index (χ0) is 13.9. The van der Waals surface area contributed by atoms with Crippen LogP contribution in [0.15, 0.2) is 0 Å². The molecule has 0 rings (SSSR count). The van der Waals surface area contributed by atoms with Gasteiger partial charge in [0.05, 0.1) is 12.2 Å². The Kier molecular flexibility index (Phi) is 7.17. The van der Waals surface area contributed by atoms with E-state index >= 15 is 0 Å². The van der Waals surface area contributed by atoms with Crippen LogP contribution in [-0.4, -0.2) is 41.3 Å². The first-order chi connectivity index (χ1) is 7.51. The topological polar surface area (TPSA) is 49.7 Å². The molecule has 17 heavy (non-hydrogen) atoms. The predicted octanol–water partition coefficient (Wildman–Crippen LogP) is 2.94. The molecule has 3 atom stereocenters. The number of halogens is 1. The van der Waals surface area contributed by atoms with Crippen molar-refractivity contribution in [2.45, 2.75) is 70.6 Å². The molecular weight excluding hydrogens is 347 g/mol. The summed E-state index contributed by atoms with van der Waals surface area (Å²) >= 11 is 2.07. The van der Waals surface area contributed by atoms with Crippen molar-refractivity contribution in [3.63, 3.8) is 0 Å². The lowest BCUT2D eigenvalue weighted by Crippen LogP contribution is -2.44. The minimum absolute atomic E-state index is 0.0107. The highest BCUT2D eigenvalue weighted by molar-refractivity contribution is 14.1. The molecule has 0 aliphatic carbocycles. The molecule has 0 spiro atoms. The SMILES string of the molecule is C[C@H](C[C@H](O)[C@@H](O)CI)O[Si](C)(C)C(C)(C)C. The first-order valence-corrected chi connectivity index (χ1v) is 10.5. The number of alkyl halides is 1. The minimum Gasteiger partial charge on any atom is -0.414 e. The standard InChI is InChI=1S/C12H27IO3Si/c1-9(7-10(14)11(15)8-13)16-17(5,6)12(2,3)4/h9-11,14-15H,7-8H2,1-6H3/t9-,10+,11+/m1/s1. The van der Waals surface area contributed by atoms with E-state index in [0.717, 1.165) is 0 Å². The van der Waals surface area contributed by atoms with Crippen molar-refractivity contribution in [3.05, 3.63) is 0 Å². The van der Waals surface area contributed by atoms with Crippen LogP contribution < -0.4 is 0 Å². The second-order valence-corrected chi connectivity index (χ2v) is 11.9. The molecule has 0 fully saturated rings. The second kappa shape index (κ2) is 6.84. The predicted molar refractivity (Wildman–Crippen MR) is 83.3 cm³/mol. The van der Waals surface area contributed by atoms with Crippen LogP contribution in [0.2, 0.25) is 18.1 Å². The summed E-state index contributed by atoms with van der Waals surface area (Å²) in [4.78, 5) is 0. The zero-order valence-corrected chi connectivity index (χ0v) is 15.0. The maximum absolute atomic E-state index is 9.77. The fourth-order valence-corrected chi connectivity index (χ4v) is 3.37. The van der Waals surface area contributed by atoms with Crippen LogP contribution >= 0.6 is 22.6 Å². The Hall–Kier alpha value is 0.827. The van der Waals surface area contributed by atoms with E-state index in [0.29, 0.717) is 10.8 Å². The van der Waals surface area contributed by atoms with Gasteiger partial charge < -0.3 is 14.6 Å². The first kappa shape index (κ1) is 17.8. The Morgan fingerprint density at radius 1 is 1.18 bits per heavy atom. The van der Waals surface area contributed by atoms with Crippen LogP contribution in [0.1, 0.15) is 34.1 Å². The normalized spacial score (nSPS) is 18.9. The lowest BCUT2D eigenvalue weighted by Gasteiger charge is -2.39. The molecule has 0 saturated carbocycles. The van der Waals surface area contributed by atoms with Gasteiger partial charge in [-0.05, 0) is 25.1 Å². The smallest absolute Gasteiger partial charge is 0.192 e. The second-order valence-electron chi connectivity index (χ2n) is 6.21. The summed E-state index contributed by atoms with van der Waals surface area (Å²) in [5.74, 6) is 0. The molecule has 0 heterocycles. The highest BCUT2D eigenvalue weighted by Gasteiger charge is 2.38. The molecule has 5 heteroatoms. The number of aliphatic hydroxyl groups excluding tert-OH is 2. The molecule has 0 aromatic carbocycles. The van der Waals surface area contributed by atoms with Gasteiger partial charge in [0.25, 0.3) is 0 Å². The maximum Gasteiger partial charge on any atom is 0.192 e. The first-order valence-electron chi connectivity index (χ1n) is 6.11. The molecule has 0 unspecified atom stereocenters. The van der Waals surface area contributed by atoms with Crippen molar-refractivity contribution in [3.8, 4) is 0 Å². The molecular formula is C12H27IO3Si. The van der Waals surface area contributed by atoms with Gasteiger partial charge in [0.2, 0.25) is 0 Å². The number of rotatable bonds is 6. The third kappa shape index (κ3) is 6.00. The summed E-state index contributed by atoms with van der Waals surface area (Å²) in [6.07, 6.45) is -0.854. The molecule has 0 saturated heterocycles. The molecule has 0 aliphatic heterocycles. The summed E-state index contributed by atoms with van der Waals surface area (Å²) < 4.78 is 6.68. The molecule has 0 radical (unpaired) electrons. The van der Waals surface area contributed by atoms with E-state index in [4.69, 9.17) is 4.43 Å². The van der Waals surface area contributed by atoms with E-state index in [1.54, 1.807) is 0 Å². The summed E-state index contributed by atoms with van der Waals surface area (Å²) in [5.41, 5.74) is 0. The Bertz CT molecular complexity index is 228. The van der Waals surface area contributed by atoms with Gasteiger partial charge in [0.15, 0.2) is 8.32 Å². The Morgan fingerprint density at radius 3 is 2.00 bits per heavy atom. The van der Waals surface area contributed by atoms with E-state index in [2.05, 4.69) is 56.5 Å². The highest BCUT2D eigenvalue weighted by Crippen LogP contribution is 2.37. The lowest BCUT2D eigenvalue weighted by atomic mass is 10.1. The Morgan fingerprint density at radius 2 is 1.65 bits per heavy atom. The summed E-state index contributed by atoms with van der Waals surface area (Å²) in [7, 11) is -1.77. The number of hydrogen-bond acceptors (Lipinski definition) is 3. The van der Waals surface area contributed by atoms with Crippen molar-refractivity contribution < 1.29 is 14.6 Å². The monoisotopic (exact) mass is 374 g/mol. The Labute approximate surface area is 120 Å². The molecule has 3 nitrogen and oxygen atoms in total. The van der Waals surface area contributed by atoms with Crippen LogP contribution in [0.5, 0.6) is 0 Å². The van der Waals surface area contributed by atoms with Gasteiger partial charge in [-0.3, -0.25) is 0 Å². The average Bonchev–Trinajstić information content (AvgIpc) is 2.13. The highest BCUT2D eigenvalue weighted by atomic mass is 127. The zero-order valence-electron chi connectivity index (χ0n) is 11.8. The van der Waals surface area contributed by atoms with E-state index in [1.165, 1.54) is 0 Å². The number of aliphatic hydroxyl groups is 2. The molecule has 0 aliphatic rings. The quantitative estimate of drug-likeness (QED) is 0.427. The number of hydrogen-bond donors (Lipinski definition) is 2. The third-order valence-electron chi connectivity index (χ3n) is 3.48.